The molecule has 10 nitrogen and oxygen atoms in total. The van der Waals surface area contributed by atoms with Crippen LogP contribution in [0.5, 0.6) is 11.5 Å². The molecule has 0 fully saturated rings. The van der Waals surface area contributed by atoms with Crippen molar-refractivity contribution in [1.29, 1.82) is 0 Å². The Hall–Kier alpha value is -4.05. The molecule has 172 valence electrons. The van der Waals surface area contributed by atoms with Gasteiger partial charge in [0.2, 0.25) is 6.79 Å². The highest BCUT2D eigenvalue weighted by Gasteiger charge is 2.31. The fourth-order valence-corrected chi connectivity index (χ4v) is 4.65. The number of ether oxygens (including phenoxy) is 2. The fraction of sp³-hybridized carbons (Fsp3) is 0.217. The van der Waals surface area contributed by atoms with Crippen LogP contribution in [0.2, 0.25) is 5.02 Å². The SMILES string of the molecule is O=C(NCCC1CN(c2ncnc3[nH]ncc23)c2ccccc21)Nc1cc2c(cc1Cl)OCO2. The van der Waals surface area contributed by atoms with Crippen molar-refractivity contribution in [2.75, 3.05) is 30.1 Å². The fourth-order valence-electron chi connectivity index (χ4n) is 4.45. The molecule has 0 saturated heterocycles. The Morgan fingerprint density at radius 2 is 2.06 bits per heavy atom. The molecule has 0 aliphatic carbocycles. The smallest absolute Gasteiger partial charge is 0.319 e. The van der Waals surface area contributed by atoms with E-state index in [1.807, 2.05) is 12.1 Å². The molecule has 34 heavy (non-hydrogen) atoms. The number of para-hydroxylation sites is 1. The zero-order chi connectivity index (χ0) is 23.1. The third kappa shape index (κ3) is 3.61. The monoisotopic (exact) mass is 477 g/mol. The largest absolute Gasteiger partial charge is 0.454 e. The maximum atomic E-state index is 12.5. The predicted molar refractivity (Wildman–Crippen MR) is 127 cm³/mol. The van der Waals surface area contributed by atoms with E-state index in [0.29, 0.717) is 34.4 Å². The lowest BCUT2D eigenvalue weighted by molar-refractivity contribution is 0.174. The number of rotatable bonds is 5. The molecule has 2 aromatic carbocycles. The van der Waals surface area contributed by atoms with E-state index in [-0.39, 0.29) is 18.7 Å². The van der Waals surface area contributed by atoms with Crippen molar-refractivity contribution in [2.45, 2.75) is 12.3 Å². The number of halogens is 1. The second-order valence-electron chi connectivity index (χ2n) is 8.05. The molecule has 0 bridgehead atoms. The van der Waals surface area contributed by atoms with E-state index in [0.717, 1.165) is 29.9 Å². The molecule has 11 heteroatoms. The first-order chi connectivity index (χ1) is 16.7. The van der Waals surface area contributed by atoms with Gasteiger partial charge in [-0.05, 0) is 18.1 Å². The van der Waals surface area contributed by atoms with Crippen molar-refractivity contribution in [2.24, 2.45) is 0 Å². The van der Waals surface area contributed by atoms with Crippen LogP contribution in [0.1, 0.15) is 17.9 Å². The molecule has 2 aromatic heterocycles. The second-order valence-corrected chi connectivity index (χ2v) is 8.46. The lowest BCUT2D eigenvalue weighted by atomic mass is 9.98. The van der Waals surface area contributed by atoms with Gasteiger partial charge in [0.15, 0.2) is 17.1 Å². The van der Waals surface area contributed by atoms with E-state index in [9.17, 15) is 4.79 Å². The van der Waals surface area contributed by atoms with Crippen molar-refractivity contribution in [3.05, 3.63) is 59.5 Å². The molecule has 6 rings (SSSR count). The summed E-state index contributed by atoms with van der Waals surface area (Å²) < 4.78 is 10.7. The Balaban J connectivity index is 1.13. The first kappa shape index (κ1) is 20.5. The number of benzene rings is 2. The maximum absolute atomic E-state index is 12.5. The van der Waals surface area contributed by atoms with Gasteiger partial charge in [-0.15, -0.1) is 0 Å². The number of carbonyl (C=O) groups is 1. The summed E-state index contributed by atoms with van der Waals surface area (Å²) in [6.07, 6.45) is 4.04. The molecule has 2 aliphatic heterocycles. The van der Waals surface area contributed by atoms with Crippen LogP contribution in [0.4, 0.5) is 22.0 Å². The Kier molecular flexibility index (Phi) is 5.06. The van der Waals surface area contributed by atoms with Gasteiger partial charge in [0.1, 0.15) is 12.1 Å². The average molecular weight is 478 g/mol. The van der Waals surface area contributed by atoms with E-state index < -0.39 is 0 Å². The van der Waals surface area contributed by atoms with Crippen LogP contribution in [0.25, 0.3) is 11.0 Å². The number of H-pyrrole nitrogens is 1. The number of carbonyl (C=O) groups excluding carboxylic acids is 1. The number of amides is 2. The molecule has 4 aromatic rings. The molecule has 0 spiro atoms. The van der Waals surface area contributed by atoms with E-state index in [1.165, 1.54) is 5.56 Å². The number of aromatic amines is 1. The van der Waals surface area contributed by atoms with Crippen molar-refractivity contribution in [1.82, 2.24) is 25.5 Å². The molecule has 1 unspecified atom stereocenters. The van der Waals surface area contributed by atoms with Crippen molar-refractivity contribution < 1.29 is 14.3 Å². The minimum Gasteiger partial charge on any atom is -0.454 e. The van der Waals surface area contributed by atoms with Gasteiger partial charge in [-0.3, -0.25) is 5.10 Å². The summed E-state index contributed by atoms with van der Waals surface area (Å²) in [6, 6.07) is 11.2. The Bertz CT molecular complexity index is 1390. The van der Waals surface area contributed by atoms with Crippen molar-refractivity contribution >= 4 is 45.9 Å². The van der Waals surface area contributed by atoms with Crippen molar-refractivity contribution in [3.63, 3.8) is 0 Å². The summed E-state index contributed by atoms with van der Waals surface area (Å²) in [7, 11) is 0. The van der Waals surface area contributed by atoms with Gasteiger partial charge in [0, 0.05) is 36.8 Å². The molecule has 4 heterocycles. The normalized spacial score (nSPS) is 16.0. The zero-order valence-corrected chi connectivity index (χ0v) is 18.7. The van der Waals surface area contributed by atoms with Crippen LogP contribution in [0, 0.1) is 0 Å². The first-order valence-electron chi connectivity index (χ1n) is 10.8. The van der Waals surface area contributed by atoms with Gasteiger partial charge >= 0.3 is 6.03 Å². The summed E-state index contributed by atoms with van der Waals surface area (Å²) in [5.74, 6) is 2.16. The van der Waals surface area contributed by atoms with E-state index in [1.54, 1.807) is 24.7 Å². The Morgan fingerprint density at radius 3 is 2.97 bits per heavy atom. The summed E-state index contributed by atoms with van der Waals surface area (Å²) >= 11 is 6.25. The lowest BCUT2D eigenvalue weighted by Gasteiger charge is -2.19. The Morgan fingerprint density at radius 1 is 1.21 bits per heavy atom. The molecule has 0 saturated carbocycles. The molecule has 0 radical (unpaired) electrons. The summed E-state index contributed by atoms with van der Waals surface area (Å²) in [5.41, 5.74) is 3.49. The zero-order valence-electron chi connectivity index (χ0n) is 17.9. The average Bonchev–Trinajstić information content (AvgIpc) is 3.58. The van der Waals surface area contributed by atoms with E-state index >= 15 is 0 Å². The van der Waals surface area contributed by atoms with Gasteiger partial charge < -0.3 is 25.0 Å². The molecular weight excluding hydrogens is 458 g/mol. The number of hydrogen-bond donors (Lipinski definition) is 3. The number of hydrogen-bond acceptors (Lipinski definition) is 7. The molecule has 2 amide bonds. The van der Waals surface area contributed by atoms with E-state index in [2.05, 4.69) is 47.8 Å². The third-order valence-electron chi connectivity index (χ3n) is 6.04. The number of aromatic nitrogens is 4. The van der Waals surface area contributed by atoms with Gasteiger partial charge in [-0.25, -0.2) is 14.8 Å². The highest BCUT2D eigenvalue weighted by Crippen LogP contribution is 2.43. The number of anilines is 3. The standard InChI is InChI=1S/C23H20ClN7O3/c24-16-7-19-20(34-12-33-19)8-17(16)29-23(32)25-6-5-13-10-31(18-4-2-1-3-14(13)18)22-15-9-28-30-21(15)26-11-27-22/h1-4,7-9,11,13H,5-6,10,12H2,(H2,25,29,32)(H,26,27,28,30). The molecule has 3 N–H and O–H groups in total. The third-order valence-corrected chi connectivity index (χ3v) is 6.35. The minimum atomic E-state index is -0.334. The van der Waals surface area contributed by atoms with Gasteiger partial charge in [-0.2, -0.15) is 5.10 Å². The molecule has 2 aliphatic rings. The first-order valence-corrected chi connectivity index (χ1v) is 11.2. The summed E-state index contributed by atoms with van der Waals surface area (Å²) in [6.45, 7) is 1.38. The second kappa shape index (κ2) is 8.38. The van der Waals surface area contributed by atoms with E-state index in [4.69, 9.17) is 21.1 Å². The Labute approximate surface area is 199 Å². The van der Waals surface area contributed by atoms with Gasteiger partial charge in [0.25, 0.3) is 0 Å². The van der Waals surface area contributed by atoms with Crippen LogP contribution in [0.15, 0.2) is 48.9 Å². The van der Waals surface area contributed by atoms with Gasteiger partial charge in [0.05, 0.1) is 22.3 Å². The topological polar surface area (TPSA) is 117 Å². The van der Waals surface area contributed by atoms with Gasteiger partial charge in [-0.1, -0.05) is 29.8 Å². The maximum Gasteiger partial charge on any atom is 0.319 e. The number of nitrogens with one attached hydrogen (secondary N) is 3. The van der Waals surface area contributed by atoms with Crippen molar-refractivity contribution in [3.8, 4) is 11.5 Å². The summed E-state index contributed by atoms with van der Waals surface area (Å²) in [5, 5.41) is 14.0. The lowest BCUT2D eigenvalue weighted by Crippen LogP contribution is -2.30. The number of fused-ring (bicyclic) bond motifs is 3. The van der Waals surface area contributed by atoms with Crippen LogP contribution in [0.3, 0.4) is 0 Å². The van der Waals surface area contributed by atoms with Crippen LogP contribution in [-0.2, 0) is 0 Å². The summed E-state index contributed by atoms with van der Waals surface area (Å²) in [4.78, 5) is 23.5. The van der Waals surface area contributed by atoms with Crippen LogP contribution < -0.4 is 25.0 Å². The van der Waals surface area contributed by atoms with Crippen LogP contribution in [-0.4, -0.2) is 46.1 Å². The quantitative estimate of drug-likeness (QED) is 0.394. The molecule has 1 atom stereocenters. The van der Waals surface area contributed by atoms with Crippen LogP contribution >= 0.6 is 11.6 Å². The highest BCUT2D eigenvalue weighted by molar-refractivity contribution is 6.34. The number of urea groups is 1. The predicted octanol–water partition coefficient (Wildman–Crippen LogP) is 4.18. The number of nitrogens with zero attached hydrogens (tertiary/aromatic N) is 4. The highest BCUT2D eigenvalue weighted by atomic mass is 35.5. The minimum absolute atomic E-state index is 0.141. The molecular formula is C23H20ClN7O3.